The Bertz CT molecular complexity index is 637. The summed E-state index contributed by atoms with van der Waals surface area (Å²) in [7, 11) is 1.03. The number of carbonyl (C=O) groups excluding carboxylic acids is 1. The Morgan fingerprint density at radius 1 is 1.11 bits per heavy atom. The molecule has 1 aliphatic rings. The third-order valence-corrected chi connectivity index (χ3v) is 4.76. The van der Waals surface area contributed by atoms with Gasteiger partial charge in [-0.2, -0.15) is 8.78 Å². The van der Waals surface area contributed by atoms with Gasteiger partial charge in [-0.3, -0.25) is 9.69 Å². The van der Waals surface area contributed by atoms with Gasteiger partial charge in [0.2, 0.25) is 11.6 Å². The number of ether oxygens (including phenoxy) is 2. The summed E-state index contributed by atoms with van der Waals surface area (Å²) in [6.07, 6.45) is 2.11. The molecule has 154 valence electrons. The lowest BCUT2D eigenvalue weighted by Gasteiger charge is -2.38. The van der Waals surface area contributed by atoms with Crippen molar-refractivity contribution in [3.05, 3.63) is 23.5 Å². The van der Waals surface area contributed by atoms with Crippen molar-refractivity contribution in [2.75, 3.05) is 39.9 Å². The molecule has 2 rings (SSSR count). The summed E-state index contributed by atoms with van der Waals surface area (Å²) in [5.41, 5.74) is 0. The van der Waals surface area contributed by atoms with Crippen molar-refractivity contribution in [2.45, 2.75) is 32.7 Å². The Hall–Kier alpha value is -1.67. The van der Waals surface area contributed by atoms with Crippen LogP contribution < -0.4 is 9.47 Å². The number of carbonyl (C=O) groups is 1. The molecule has 5 nitrogen and oxygen atoms in total. The number of benzene rings is 1. The first-order chi connectivity index (χ1) is 12.4. The maximum Gasteiger partial charge on any atom is 0.260 e. The van der Waals surface area contributed by atoms with Crippen LogP contribution in [0.25, 0.3) is 0 Å². The Labute approximate surface area is 163 Å². The molecule has 0 aliphatic carbocycles. The number of nitrogens with zero attached hydrogens (tertiary/aromatic N) is 2. The molecule has 0 radical (unpaired) electrons. The molecule has 27 heavy (non-hydrogen) atoms. The highest BCUT2D eigenvalue weighted by Crippen LogP contribution is 2.30. The quantitative estimate of drug-likeness (QED) is 0.647. The zero-order valence-electron chi connectivity index (χ0n) is 15.8. The van der Waals surface area contributed by atoms with E-state index in [2.05, 4.69) is 23.5 Å². The monoisotopic (exact) mass is 410 g/mol. The molecule has 1 aromatic carbocycles. The van der Waals surface area contributed by atoms with E-state index in [1.54, 1.807) is 4.90 Å². The highest BCUT2D eigenvalue weighted by Gasteiger charge is 2.26. The van der Waals surface area contributed by atoms with E-state index in [0.717, 1.165) is 33.0 Å². The molecule has 0 aromatic heterocycles. The van der Waals surface area contributed by atoms with Gasteiger partial charge < -0.3 is 14.4 Å². The molecule has 1 aromatic rings. The Kier molecular flexibility index (Phi) is 9.18. The molecular formula is C18H26ClF3N2O3. The molecule has 1 saturated heterocycles. The lowest BCUT2D eigenvalue weighted by molar-refractivity contribution is -0.135. The molecule has 0 saturated carbocycles. The maximum atomic E-state index is 13.9. The summed E-state index contributed by atoms with van der Waals surface area (Å²) in [5.74, 6) is -5.76. The van der Waals surface area contributed by atoms with Crippen LogP contribution in [0.4, 0.5) is 13.2 Å². The summed E-state index contributed by atoms with van der Waals surface area (Å²) in [6.45, 7) is 6.42. The number of hydrogen-bond acceptors (Lipinski definition) is 4. The minimum atomic E-state index is -1.48. The van der Waals surface area contributed by atoms with Crippen LogP contribution in [0.3, 0.4) is 0 Å². The molecule has 1 fully saturated rings. The lowest BCUT2D eigenvalue weighted by Crippen LogP contribution is -2.52. The van der Waals surface area contributed by atoms with Crippen LogP contribution in [-0.4, -0.2) is 61.6 Å². The molecule has 0 atom stereocenters. The van der Waals surface area contributed by atoms with E-state index < -0.39 is 35.6 Å². The third kappa shape index (κ3) is 5.42. The fourth-order valence-corrected chi connectivity index (χ4v) is 3.22. The zero-order chi connectivity index (χ0) is 19.3. The van der Waals surface area contributed by atoms with E-state index >= 15 is 0 Å². The minimum absolute atomic E-state index is 0. The van der Waals surface area contributed by atoms with Crippen LogP contribution in [0.2, 0.25) is 0 Å². The van der Waals surface area contributed by atoms with Crippen LogP contribution in [0, 0.1) is 17.5 Å². The first-order valence-corrected chi connectivity index (χ1v) is 8.78. The molecule has 0 bridgehead atoms. The van der Waals surface area contributed by atoms with Gasteiger partial charge in [0.25, 0.3) is 5.91 Å². The molecule has 1 heterocycles. The molecule has 0 N–H and O–H groups in total. The first-order valence-electron chi connectivity index (χ1n) is 8.78. The average molecular weight is 411 g/mol. The fourth-order valence-electron chi connectivity index (χ4n) is 3.22. The normalized spacial score (nSPS) is 14.9. The Balaban J connectivity index is 0.00000364. The summed E-state index contributed by atoms with van der Waals surface area (Å²) in [4.78, 5) is 16.2. The summed E-state index contributed by atoms with van der Waals surface area (Å²) < 4.78 is 50.6. The molecule has 0 spiro atoms. The van der Waals surface area contributed by atoms with E-state index in [0.29, 0.717) is 25.2 Å². The van der Waals surface area contributed by atoms with Gasteiger partial charge in [0.1, 0.15) is 0 Å². The molecular weight excluding hydrogens is 385 g/mol. The van der Waals surface area contributed by atoms with Crippen LogP contribution in [0.1, 0.15) is 26.7 Å². The van der Waals surface area contributed by atoms with Crippen molar-refractivity contribution in [3.8, 4) is 11.5 Å². The van der Waals surface area contributed by atoms with E-state index in [1.165, 1.54) is 0 Å². The number of hydrogen-bond donors (Lipinski definition) is 0. The van der Waals surface area contributed by atoms with Crippen molar-refractivity contribution in [3.63, 3.8) is 0 Å². The van der Waals surface area contributed by atoms with Crippen molar-refractivity contribution in [1.82, 2.24) is 9.80 Å². The van der Waals surface area contributed by atoms with Crippen molar-refractivity contribution < 1.29 is 27.4 Å². The summed E-state index contributed by atoms with van der Waals surface area (Å²) in [5, 5.41) is 0. The van der Waals surface area contributed by atoms with Crippen molar-refractivity contribution in [2.24, 2.45) is 0 Å². The van der Waals surface area contributed by atoms with Gasteiger partial charge in [-0.25, -0.2) is 4.39 Å². The second-order valence-corrected chi connectivity index (χ2v) is 6.19. The highest BCUT2D eigenvalue weighted by atomic mass is 35.5. The minimum Gasteiger partial charge on any atom is -0.491 e. The second kappa shape index (κ2) is 10.6. The number of piperazine rings is 1. The van der Waals surface area contributed by atoms with E-state index in [-0.39, 0.29) is 18.3 Å². The number of methoxy groups -OCH3 is 1. The van der Waals surface area contributed by atoms with Crippen LogP contribution >= 0.6 is 12.4 Å². The molecule has 1 amide bonds. The maximum absolute atomic E-state index is 13.9. The van der Waals surface area contributed by atoms with Gasteiger partial charge in [0, 0.05) is 38.3 Å². The lowest BCUT2D eigenvalue weighted by atomic mass is 10.1. The van der Waals surface area contributed by atoms with Crippen LogP contribution in [0.15, 0.2) is 6.07 Å². The van der Waals surface area contributed by atoms with Crippen LogP contribution in [-0.2, 0) is 4.79 Å². The number of rotatable bonds is 7. The predicted molar refractivity (Wildman–Crippen MR) is 98.1 cm³/mol. The number of halogens is 4. The smallest absolute Gasteiger partial charge is 0.260 e. The van der Waals surface area contributed by atoms with E-state index in [4.69, 9.17) is 4.74 Å². The van der Waals surface area contributed by atoms with Gasteiger partial charge in [-0.15, -0.1) is 12.4 Å². The topological polar surface area (TPSA) is 42.0 Å². The van der Waals surface area contributed by atoms with Crippen LogP contribution in [0.5, 0.6) is 11.5 Å². The third-order valence-electron chi connectivity index (χ3n) is 4.76. The van der Waals surface area contributed by atoms with E-state index in [1.807, 2.05) is 0 Å². The first kappa shape index (κ1) is 23.4. The molecule has 9 heteroatoms. The Morgan fingerprint density at radius 2 is 1.70 bits per heavy atom. The number of amides is 1. The largest absolute Gasteiger partial charge is 0.491 e. The van der Waals surface area contributed by atoms with Crippen molar-refractivity contribution >= 4 is 18.3 Å². The zero-order valence-corrected chi connectivity index (χ0v) is 16.6. The second-order valence-electron chi connectivity index (χ2n) is 6.19. The summed E-state index contributed by atoms with van der Waals surface area (Å²) in [6, 6.07) is 1.18. The fraction of sp³-hybridized carbons (Fsp3) is 0.611. The standard InChI is InChI=1S/C18H25F3N2O3.ClH/c1-4-12(5-2)22-6-8-23(9-7-22)15(24)11-26-14-10-13(19)18(25-3)17(21)16(14)20;/h10,12H,4-9,11H2,1-3H3;1H. The van der Waals surface area contributed by atoms with Gasteiger partial charge in [0.05, 0.1) is 7.11 Å². The van der Waals surface area contributed by atoms with Gasteiger partial charge in [0.15, 0.2) is 23.9 Å². The van der Waals surface area contributed by atoms with Gasteiger partial charge in [-0.05, 0) is 12.8 Å². The SMILES string of the molecule is CCC(CC)N1CCN(C(=O)COc2cc(F)c(OC)c(F)c2F)CC1.Cl. The highest BCUT2D eigenvalue weighted by molar-refractivity contribution is 5.85. The van der Waals surface area contributed by atoms with E-state index in [9.17, 15) is 18.0 Å². The molecule has 1 aliphatic heterocycles. The molecule has 0 unspecified atom stereocenters. The average Bonchev–Trinajstić information content (AvgIpc) is 2.65. The van der Waals surface area contributed by atoms with Gasteiger partial charge in [-0.1, -0.05) is 13.8 Å². The predicted octanol–water partition coefficient (Wildman–Crippen LogP) is 3.25. The van der Waals surface area contributed by atoms with Crippen molar-refractivity contribution in [1.29, 1.82) is 0 Å². The Morgan fingerprint density at radius 3 is 2.22 bits per heavy atom. The summed E-state index contributed by atoms with van der Waals surface area (Å²) >= 11 is 0. The van der Waals surface area contributed by atoms with Gasteiger partial charge >= 0.3 is 0 Å².